The van der Waals surface area contributed by atoms with Gasteiger partial charge in [-0.1, -0.05) is 40.9 Å². The standard InChI is InChI=1S/C17H15Cl3O3/c1-11-4-6-13(19)16(9-11)23-17(21)3-2-8-22-15-7-5-12(18)10-14(15)20/h4-7,9-10H,2-3,8H2,1H3. The molecule has 3 nitrogen and oxygen atoms in total. The molecule has 0 bridgehead atoms. The van der Waals surface area contributed by atoms with Crippen LogP contribution in [-0.4, -0.2) is 12.6 Å². The summed E-state index contributed by atoms with van der Waals surface area (Å²) in [5.41, 5.74) is 0.970. The van der Waals surface area contributed by atoms with Crippen LogP contribution in [0.15, 0.2) is 36.4 Å². The highest BCUT2D eigenvalue weighted by Gasteiger charge is 2.09. The number of ether oxygens (including phenoxy) is 2. The van der Waals surface area contributed by atoms with Crippen molar-refractivity contribution >= 4 is 40.8 Å². The minimum Gasteiger partial charge on any atom is -0.492 e. The molecule has 23 heavy (non-hydrogen) atoms. The van der Waals surface area contributed by atoms with Crippen LogP contribution < -0.4 is 9.47 Å². The molecule has 2 aromatic carbocycles. The molecule has 0 fully saturated rings. The average Bonchev–Trinajstić information content (AvgIpc) is 2.49. The maximum absolute atomic E-state index is 11.8. The molecule has 0 atom stereocenters. The number of carbonyl (C=O) groups is 1. The van der Waals surface area contributed by atoms with Crippen molar-refractivity contribution in [3.63, 3.8) is 0 Å². The number of halogens is 3. The molecule has 0 amide bonds. The van der Waals surface area contributed by atoms with Gasteiger partial charge in [0.25, 0.3) is 0 Å². The first kappa shape index (κ1) is 17.9. The molecule has 0 spiro atoms. The van der Waals surface area contributed by atoms with Crippen LogP contribution in [0.3, 0.4) is 0 Å². The zero-order valence-electron chi connectivity index (χ0n) is 12.4. The summed E-state index contributed by atoms with van der Waals surface area (Å²) in [5, 5.41) is 1.39. The van der Waals surface area contributed by atoms with E-state index in [4.69, 9.17) is 44.3 Å². The minimum absolute atomic E-state index is 0.218. The highest BCUT2D eigenvalue weighted by molar-refractivity contribution is 6.35. The SMILES string of the molecule is Cc1ccc(Cl)c(OC(=O)CCCOc2ccc(Cl)cc2Cl)c1. The summed E-state index contributed by atoms with van der Waals surface area (Å²) in [6, 6.07) is 10.3. The van der Waals surface area contributed by atoms with Crippen molar-refractivity contribution < 1.29 is 14.3 Å². The first-order valence-electron chi connectivity index (χ1n) is 7.00. The van der Waals surface area contributed by atoms with Crippen LogP contribution in [0, 0.1) is 6.92 Å². The third-order valence-electron chi connectivity index (χ3n) is 2.99. The third kappa shape index (κ3) is 5.61. The van der Waals surface area contributed by atoms with E-state index >= 15 is 0 Å². The first-order chi connectivity index (χ1) is 11.0. The van der Waals surface area contributed by atoms with Crippen molar-refractivity contribution in [1.29, 1.82) is 0 Å². The van der Waals surface area contributed by atoms with Gasteiger partial charge in [0.2, 0.25) is 0 Å². The Balaban J connectivity index is 1.77. The molecule has 6 heteroatoms. The smallest absolute Gasteiger partial charge is 0.311 e. The van der Waals surface area contributed by atoms with E-state index in [1.54, 1.807) is 30.3 Å². The molecule has 2 aromatic rings. The van der Waals surface area contributed by atoms with Gasteiger partial charge >= 0.3 is 5.97 Å². The first-order valence-corrected chi connectivity index (χ1v) is 8.14. The second kappa shape index (κ2) is 8.44. The van der Waals surface area contributed by atoms with Gasteiger partial charge in [0.15, 0.2) is 0 Å². The number of carbonyl (C=O) groups excluding carboxylic acids is 1. The van der Waals surface area contributed by atoms with Gasteiger partial charge in [0, 0.05) is 11.4 Å². The molecule has 0 aliphatic carbocycles. The van der Waals surface area contributed by atoms with Crippen molar-refractivity contribution in [3.05, 3.63) is 57.0 Å². The summed E-state index contributed by atoms with van der Waals surface area (Å²) >= 11 is 17.8. The maximum Gasteiger partial charge on any atom is 0.311 e. The fraction of sp³-hybridized carbons (Fsp3) is 0.235. The lowest BCUT2D eigenvalue weighted by molar-refractivity contribution is -0.134. The zero-order chi connectivity index (χ0) is 16.8. The molecule has 0 saturated carbocycles. The largest absolute Gasteiger partial charge is 0.492 e. The fourth-order valence-electron chi connectivity index (χ4n) is 1.85. The average molecular weight is 374 g/mol. The van der Waals surface area contributed by atoms with Crippen molar-refractivity contribution in [2.24, 2.45) is 0 Å². The van der Waals surface area contributed by atoms with E-state index in [0.717, 1.165) is 5.56 Å². The lowest BCUT2D eigenvalue weighted by Gasteiger charge is -2.09. The Bertz CT molecular complexity index is 701. The normalized spacial score (nSPS) is 10.4. The summed E-state index contributed by atoms with van der Waals surface area (Å²) in [7, 11) is 0. The van der Waals surface area contributed by atoms with Crippen LogP contribution in [-0.2, 0) is 4.79 Å². The van der Waals surface area contributed by atoms with E-state index in [0.29, 0.717) is 39.6 Å². The Morgan fingerprint density at radius 1 is 1.00 bits per heavy atom. The van der Waals surface area contributed by atoms with Gasteiger partial charge < -0.3 is 9.47 Å². The molecule has 0 radical (unpaired) electrons. The Kier molecular flexibility index (Phi) is 6.58. The molecular formula is C17H15Cl3O3. The van der Waals surface area contributed by atoms with Gasteiger partial charge in [-0.15, -0.1) is 0 Å². The van der Waals surface area contributed by atoms with Crippen LogP contribution in [0.4, 0.5) is 0 Å². The van der Waals surface area contributed by atoms with E-state index in [1.165, 1.54) is 0 Å². The van der Waals surface area contributed by atoms with Crippen LogP contribution >= 0.6 is 34.8 Å². The molecule has 0 aliphatic heterocycles. The number of rotatable bonds is 6. The van der Waals surface area contributed by atoms with Crippen LogP contribution in [0.25, 0.3) is 0 Å². The highest BCUT2D eigenvalue weighted by atomic mass is 35.5. The van der Waals surface area contributed by atoms with Gasteiger partial charge in [-0.05, 0) is 49.2 Å². The second-order valence-corrected chi connectivity index (χ2v) is 6.19. The summed E-state index contributed by atoms with van der Waals surface area (Å²) < 4.78 is 10.8. The molecule has 0 unspecified atom stereocenters. The van der Waals surface area contributed by atoms with Crippen molar-refractivity contribution in [3.8, 4) is 11.5 Å². The van der Waals surface area contributed by atoms with E-state index in [-0.39, 0.29) is 12.4 Å². The molecular weight excluding hydrogens is 359 g/mol. The zero-order valence-corrected chi connectivity index (χ0v) is 14.7. The maximum atomic E-state index is 11.8. The summed E-state index contributed by atoms with van der Waals surface area (Å²) in [6.07, 6.45) is 0.719. The fourth-order valence-corrected chi connectivity index (χ4v) is 2.47. The third-order valence-corrected chi connectivity index (χ3v) is 3.83. The van der Waals surface area contributed by atoms with Crippen molar-refractivity contribution in [2.45, 2.75) is 19.8 Å². The second-order valence-electron chi connectivity index (χ2n) is 4.93. The molecule has 0 aliphatic rings. The van der Waals surface area contributed by atoms with Crippen LogP contribution in [0.5, 0.6) is 11.5 Å². The number of esters is 1. The Morgan fingerprint density at radius 3 is 2.52 bits per heavy atom. The Hall–Kier alpha value is -1.42. The van der Waals surface area contributed by atoms with Crippen LogP contribution in [0.1, 0.15) is 18.4 Å². The van der Waals surface area contributed by atoms with Crippen molar-refractivity contribution in [2.75, 3.05) is 6.61 Å². The Morgan fingerprint density at radius 2 is 1.78 bits per heavy atom. The molecule has 0 N–H and O–H groups in total. The number of aryl methyl sites for hydroxylation is 1. The number of hydrogen-bond acceptors (Lipinski definition) is 3. The lowest BCUT2D eigenvalue weighted by atomic mass is 10.2. The molecule has 2 rings (SSSR count). The van der Waals surface area contributed by atoms with Gasteiger partial charge in [0.1, 0.15) is 11.5 Å². The quantitative estimate of drug-likeness (QED) is 0.369. The Labute approximate surface area is 150 Å². The van der Waals surface area contributed by atoms with E-state index in [9.17, 15) is 4.79 Å². The summed E-state index contributed by atoms with van der Waals surface area (Å²) in [4.78, 5) is 11.8. The lowest BCUT2D eigenvalue weighted by Crippen LogP contribution is -2.10. The van der Waals surface area contributed by atoms with Crippen molar-refractivity contribution in [1.82, 2.24) is 0 Å². The van der Waals surface area contributed by atoms with Crippen LogP contribution in [0.2, 0.25) is 15.1 Å². The van der Waals surface area contributed by atoms with E-state index in [1.807, 2.05) is 13.0 Å². The molecule has 0 saturated heterocycles. The predicted molar refractivity (Wildman–Crippen MR) is 93.0 cm³/mol. The van der Waals surface area contributed by atoms with E-state index < -0.39 is 0 Å². The predicted octanol–water partition coefficient (Wildman–Crippen LogP) is 5.72. The monoisotopic (exact) mass is 372 g/mol. The highest BCUT2D eigenvalue weighted by Crippen LogP contribution is 2.28. The van der Waals surface area contributed by atoms with E-state index in [2.05, 4.69) is 0 Å². The minimum atomic E-state index is -0.358. The van der Waals surface area contributed by atoms with Gasteiger partial charge in [-0.25, -0.2) is 0 Å². The van der Waals surface area contributed by atoms with Gasteiger partial charge in [-0.3, -0.25) is 4.79 Å². The number of benzene rings is 2. The topological polar surface area (TPSA) is 35.5 Å². The number of hydrogen-bond donors (Lipinski definition) is 0. The molecule has 0 aromatic heterocycles. The van der Waals surface area contributed by atoms with Gasteiger partial charge in [-0.2, -0.15) is 0 Å². The summed E-state index contributed by atoms with van der Waals surface area (Å²) in [5.74, 6) is 0.549. The van der Waals surface area contributed by atoms with Gasteiger partial charge in [0.05, 0.1) is 16.7 Å². The molecule has 0 heterocycles. The molecule has 122 valence electrons. The summed E-state index contributed by atoms with van der Waals surface area (Å²) in [6.45, 7) is 2.25.